The average molecular weight is 292 g/mol. The van der Waals surface area contributed by atoms with Crippen LogP contribution in [0.3, 0.4) is 0 Å². The number of nitrogens with two attached hydrogens (primary N) is 1. The number of aryl methyl sites for hydroxylation is 1. The van der Waals surface area contributed by atoms with Gasteiger partial charge in [-0.2, -0.15) is 5.10 Å². The Morgan fingerprint density at radius 2 is 2.10 bits per heavy atom. The van der Waals surface area contributed by atoms with Gasteiger partial charge >= 0.3 is 0 Å². The van der Waals surface area contributed by atoms with E-state index < -0.39 is 10.0 Å². The maximum absolute atomic E-state index is 12.4. The van der Waals surface area contributed by atoms with E-state index in [1.54, 1.807) is 24.3 Å². The van der Waals surface area contributed by atoms with Gasteiger partial charge in [0.25, 0.3) is 10.0 Å². The second-order valence-corrected chi connectivity index (χ2v) is 5.86. The van der Waals surface area contributed by atoms with Gasteiger partial charge in [-0.25, -0.2) is 8.42 Å². The Bertz CT molecular complexity index is 687. The lowest BCUT2D eigenvalue weighted by Gasteiger charge is -2.12. The van der Waals surface area contributed by atoms with Gasteiger partial charge in [0.1, 0.15) is 0 Å². The molecule has 0 aliphatic heterocycles. The van der Waals surface area contributed by atoms with Gasteiger partial charge in [0.15, 0.2) is 5.82 Å². The van der Waals surface area contributed by atoms with E-state index in [-0.39, 0.29) is 17.3 Å². The summed E-state index contributed by atoms with van der Waals surface area (Å²) in [5.41, 5.74) is 7.07. The van der Waals surface area contributed by atoms with Crippen molar-refractivity contribution >= 4 is 15.8 Å². The van der Waals surface area contributed by atoms with E-state index in [4.69, 9.17) is 5.73 Å². The summed E-state index contributed by atoms with van der Waals surface area (Å²) in [5.74, 6) is 0.188. The molecule has 0 spiro atoms. The summed E-state index contributed by atoms with van der Waals surface area (Å²) in [7, 11) is -3.70. The molecular formula is C13H16N4O2S. The lowest BCUT2D eigenvalue weighted by Crippen LogP contribution is -2.16. The third-order valence-corrected chi connectivity index (χ3v) is 4.29. The monoisotopic (exact) mass is 292 g/mol. The van der Waals surface area contributed by atoms with Gasteiger partial charge in [0.05, 0.1) is 4.90 Å². The fourth-order valence-corrected chi connectivity index (χ4v) is 3.18. The van der Waals surface area contributed by atoms with Gasteiger partial charge in [0, 0.05) is 12.7 Å². The fourth-order valence-electron chi connectivity index (χ4n) is 1.82. The van der Waals surface area contributed by atoms with E-state index in [1.807, 2.05) is 13.0 Å². The van der Waals surface area contributed by atoms with Gasteiger partial charge in [-0.3, -0.25) is 4.72 Å². The van der Waals surface area contributed by atoms with Crippen molar-refractivity contribution in [3.8, 4) is 0 Å². The predicted octanol–water partition coefficient (Wildman–Crippen LogP) is 1.30. The summed E-state index contributed by atoms with van der Waals surface area (Å²) in [6, 6.07) is 8.37. The van der Waals surface area contributed by atoms with Crippen LogP contribution in [0.15, 0.2) is 41.4 Å². The third kappa shape index (κ3) is 3.12. The zero-order chi connectivity index (χ0) is 14.6. The van der Waals surface area contributed by atoms with Crippen LogP contribution in [0.4, 0.5) is 5.82 Å². The molecule has 106 valence electrons. The zero-order valence-electron chi connectivity index (χ0n) is 11.1. The largest absolute Gasteiger partial charge is 0.326 e. The minimum Gasteiger partial charge on any atom is -0.326 e. The number of hydrogen-bond acceptors (Lipinski definition) is 5. The highest BCUT2D eigenvalue weighted by molar-refractivity contribution is 7.92. The number of aromatic nitrogens is 2. The van der Waals surface area contributed by atoms with Crippen LogP contribution in [0.5, 0.6) is 0 Å². The van der Waals surface area contributed by atoms with Crippen molar-refractivity contribution in [3.63, 3.8) is 0 Å². The summed E-state index contributed by atoms with van der Waals surface area (Å²) >= 11 is 0. The van der Waals surface area contributed by atoms with Crippen LogP contribution in [-0.2, 0) is 23.0 Å². The molecule has 2 aromatic rings. The van der Waals surface area contributed by atoms with Crippen molar-refractivity contribution in [2.24, 2.45) is 5.73 Å². The summed E-state index contributed by atoms with van der Waals surface area (Å²) in [6.07, 6.45) is 2.09. The lowest BCUT2D eigenvalue weighted by atomic mass is 10.1. The van der Waals surface area contributed by atoms with Crippen LogP contribution in [0.1, 0.15) is 18.1 Å². The first-order valence-corrected chi connectivity index (χ1v) is 7.67. The molecule has 7 heteroatoms. The van der Waals surface area contributed by atoms with Crippen molar-refractivity contribution in [1.29, 1.82) is 0 Å². The van der Waals surface area contributed by atoms with Crippen LogP contribution in [-0.4, -0.2) is 18.6 Å². The molecule has 20 heavy (non-hydrogen) atoms. The Morgan fingerprint density at radius 3 is 2.70 bits per heavy atom. The smallest absolute Gasteiger partial charge is 0.263 e. The molecule has 0 amide bonds. The van der Waals surface area contributed by atoms with Gasteiger partial charge in [-0.15, -0.1) is 5.10 Å². The Kier molecular flexibility index (Phi) is 4.31. The van der Waals surface area contributed by atoms with Crippen molar-refractivity contribution in [2.75, 3.05) is 4.72 Å². The van der Waals surface area contributed by atoms with Crippen LogP contribution in [0.2, 0.25) is 0 Å². The quantitative estimate of drug-likeness (QED) is 0.865. The van der Waals surface area contributed by atoms with Crippen LogP contribution in [0.25, 0.3) is 0 Å². The highest BCUT2D eigenvalue weighted by Crippen LogP contribution is 2.20. The maximum atomic E-state index is 12.4. The first-order chi connectivity index (χ1) is 9.56. The van der Waals surface area contributed by atoms with Gasteiger partial charge in [-0.05, 0) is 35.7 Å². The minimum absolute atomic E-state index is 0.188. The molecule has 6 nitrogen and oxygen atoms in total. The molecule has 0 unspecified atom stereocenters. The Balaban J connectivity index is 2.43. The molecule has 1 aromatic carbocycles. The Labute approximate surface area is 118 Å². The van der Waals surface area contributed by atoms with Crippen LogP contribution < -0.4 is 10.5 Å². The maximum Gasteiger partial charge on any atom is 0.263 e. The van der Waals surface area contributed by atoms with Gasteiger partial charge < -0.3 is 5.73 Å². The Hall–Kier alpha value is -1.99. The van der Waals surface area contributed by atoms with Crippen molar-refractivity contribution < 1.29 is 8.42 Å². The molecule has 3 N–H and O–H groups in total. The fraction of sp³-hybridized carbons (Fsp3) is 0.231. The number of rotatable bonds is 5. The normalized spacial score (nSPS) is 11.3. The molecule has 0 bridgehead atoms. The molecule has 0 aliphatic rings. The molecule has 0 atom stereocenters. The van der Waals surface area contributed by atoms with E-state index in [2.05, 4.69) is 14.9 Å². The predicted molar refractivity (Wildman–Crippen MR) is 76.6 cm³/mol. The molecule has 2 rings (SSSR count). The topological polar surface area (TPSA) is 98.0 Å². The number of hydrogen-bond donors (Lipinski definition) is 2. The summed E-state index contributed by atoms with van der Waals surface area (Å²) < 4.78 is 27.3. The van der Waals surface area contributed by atoms with E-state index in [0.29, 0.717) is 6.42 Å². The van der Waals surface area contributed by atoms with Crippen LogP contribution in [0, 0.1) is 0 Å². The van der Waals surface area contributed by atoms with Crippen molar-refractivity contribution in [3.05, 3.63) is 47.7 Å². The molecule has 0 saturated carbocycles. The minimum atomic E-state index is -3.70. The number of anilines is 1. The second-order valence-electron chi connectivity index (χ2n) is 4.21. The number of nitrogens with zero attached hydrogens (tertiary/aromatic N) is 2. The molecule has 0 saturated heterocycles. The van der Waals surface area contributed by atoms with E-state index in [1.165, 1.54) is 6.20 Å². The lowest BCUT2D eigenvalue weighted by molar-refractivity contribution is 0.599. The number of nitrogens with one attached hydrogen (secondary N) is 1. The zero-order valence-corrected chi connectivity index (χ0v) is 11.9. The van der Waals surface area contributed by atoms with Gasteiger partial charge in [-0.1, -0.05) is 19.1 Å². The van der Waals surface area contributed by atoms with Crippen molar-refractivity contribution in [1.82, 2.24) is 10.2 Å². The van der Waals surface area contributed by atoms with E-state index in [0.717, 1.165) is 11.1 Å². The molecule has 1 aromatic heterocycles. The first-order valence-electron chi connectivity index (χ1n) is 6.19. The van der Waals surface area contributed by atoms with E-state index >= 15 is 0 Å². The van der Waals surface area contributed by atoms with Gasteiger partial charge in [0.2, 0.25) is 0 Å². The van der Waals surface area contributed by atoms with Crippen molar-refractivity contribution in [2.45, 2.75) is 24.8 Å². The third-order valence-electron chi connectivity index (χ3n) is 2.85. The number of sulfonamides is 1. The molecular weight excluding hydrogens is 276 g/mol. The first kappa shape index (κ1) is 14.4. The summed E-state index contributed by atoms with van der Waals surface area (Å²) in [4.78, 5) is 0.230. The highest BCUT2D eigenvalue weighted by Gasteiger charge is 2.19. The SMILES string of the molecule is CCc1ccc(CN)cc1S(=O)(=O)Nc1cccnn1. The molecule has 0 fully saturated rings. The standard InChI is InChI=1S/C13H16N4O2S/c1-2-11-6-5-10(9-14)8-12(11)20(18,19)17-13-4-3-7-15-16-13/h3-8H,2,9,14H2,1H3,(H,16,17). The molecule has 0 radical (unpaired) electrons. The molecule has 0 aliphatic carbocycles. The average Bonchev–Trinajstić information content (AvgIpc) is 2.47. The van der Waals surface area contributed by atoms with E-state index in [9.17, 15) is 8.42 Å². The summed E-state index contributed by atoms with van der Waals surface area (Å²) in [5, 5.41) is 7.36. The molecule has 1 heterocycles. The Morgan fingerprint density at radius 1 is 1.30 bits per heavy atom. The second kappa shape index (κ2) is 5.98. The number of benzene rings is 1. The van der Waals surface area contributed by atoms with Crippen LogP contribution >= 0.6 is 0 Å². The highest BCUT2D eigenvalue weighted by atomic mass is 32.2. The summed E-state index contributed by atoms with van der Waals surface area (Å²) in [6.45, 7) is 2.19.